The molecule has 0 aromatic heterocycles. The Morgan fingerprint density at radius 1 is 1.42 bits per heavy atom. The predicted octanol–water partition coefficient (Wildman–Crippen LogP) is 1.02. The van der Waals surface area contributed by atoms with Crippen molar-refractivity contribution < 1.29 is 14.5 Å². The van der Waals surface area contributed by atoms with Gasteiger partial charge in [-0.15, -0.1) is 0 Å². The Kier molecular flexibility index (Phi) is 5.21. The molecule has 1 N–H and O–H groups in total. The summed E-state index contributed by atoms with van der Waals surface area (Å²) in [5.41, 5.74) is 0.0193. The van der Waals surface area contributed by atoms with Crippen molar-refractivity contribution in [2.45, 2.75) is 0 Å². The maximum Gasteiger partial charge on any atom is 0.270 e. The number of nitro benzene ring substituents is 1. The van der Waals surface area contributed by atoms with Gasteiger partial charge in [-0.3, -0.25) is 19.7 Å². The van der Waals surface area contributed by atoms with E-state index >= 15 is 0 Å². The van der Waals surface area contributed by atoms with Crippen molar-refractivity contribution in [2.24, 2.45) is 0 Å². The first kappa shape index (κ1) is 15.3. The van der Waals surface area contributed by atoms with E-state index in [2.05, 4.69) is 5.32 Å². The third kappa shape index (κ3) is 4.16. The van der Waals surface area contributed by atoms with Crippen LogP contribution in [-0.4, -0.2) is 42.3 Å². The summed E-state index contributed by atoms with van der Waals surface area (Å²) in [4.78, 5) is 34.6. The van der Waals surface area contributed by atoms with E-state index in [0.717, 1.165) is 0 Å². The number of nitrogens with zero attached hydrogens (tertiary/aromatic N) is 2. The highest BCUT2D eigenvalue weighted by molar-refractivity contribution is 14.1. The molecule has 0 radical (unpaired) electrons. The van der Waals surface area contributed by atoms with Gasteiger partial charge in [0.1, 0.15) is 0 Å². The summed E-state index contributed by atoms with van der Waals surface area (Å²) in [5, 5.41) is 13.1. The average Bonchev–Trinajstić information content (AvgIpc) is 2.35. The number of amides is 2. The summed E-state index contributed by atoms with van der Waals surface area (Å²) >= 11 is 1.91. The Balaban J connectivity index is 2.84. The molecule has 19 heavy (non-hydrogen) atoms. The van der Waals surface area contributed by atoms with Crippen molar-refractivity contribution in [1.82, 2.24) is 10.2 Å². The summed E-state index contributed by atoms with van der Waals surface area (Å²) in [6.45, 7) is -0.148. The smallest absolute Gasteiger partial charge is 0.270 e. The number of nitro groups is 1. The molecular formula is C11H12IN3O4. The second kappa shape index (κ2) is 6.45. The molecule has 1 aromatic rings. The Bertz CT molecular complexity index is 531. The lowest BCUT2D eigenvalue weighted by atomic mass is 10.2. The van der Waals surface area contributed by atoms with Crippen LogP contribution in [0.15, 0.2) is 18.2 Å². The minimum Gasteiger partial charge on any atom is -0.347 e. The topological polar surface area (TPSA) is 92.6 Å². The van der Waals surface area contributed by atoms with Gasteiger partial charge in [0, 0.05) is 29.8 Å². The normalized spacial score (nSPS) is 9.84. The first-order valence-corrected chi connectivity index (χ1v) is 6.33. The lowest BCUT2D eigenvalue weighted by Gasteiger charge is -2.11. The van der Waals surface area contributed by atoms with Crippen LogP contribution < -0.4 is 5.32 Å². The van der Waals surface area contributed by atoms with Gasteiger partial charge in [-0.25, -0.2) is 0 Å². The standard InChI is InChI=1S/C11H12IN3O4/c1-14(2)10(16)6-13-11(17)8-5-7(15(18)19)3-4-9(8)12/h3-5H,6H2,1-2H3,(H,13,17). The van der Waals surface area contributed by atoms with Gasteiger partial charge in [0.15, 0.2) is 0 Å². The van der Waals surface area contributed by atoms with E-state index in [4.69, 9.17) is 0 Å². The highest BCUT2D eigenvalue weighted by atomic mass is 127. The predicted molar refractivity (Wildman–Crippen MR) is 76.8 cm³/mol. The van der Waals surface area contributed by atoms with Gasteiger partial charge in [0.05, 0.1) is 17.0 Å². The Hall–Kier alpha value is -1.71. The molecule has 0 saturated carbocycles. The fourth-order valence-electron chi connectivity index (χ4n) is 1.21. The van der Waals surface area contributed by atoms with Crippen LogP contribution in [0.1, 0.15) is 10.4 Å². The Labute approximate surface area is 123 Å². The number of benzene rings is 1. The number of nitrogens with one attached hydrogen (secondary N) is 1. The highest BCUT2D eigenvalue weighted by Gasteiger charge is 2.16. The highest BCUT2D eigenvalue weighted by Crippen LogP contribution is 2.19. The molecule has 1 rings (SSSR count). The van der Waals surface area contributed by atoms with Crippen molar-refractivity contribution in [3.63, 3.8) is 0 Å². The molecule has 0 saturated heterocycles. The Morgan fingerprint density at radius 2 is 2.05 bits per heavy atom. The molecule has 0 aliphatic rings. The van der Waals surface area contributed by atoms with Gasteiger partial charge in [-0.2, -0.15) is 0 Å². The van der Waals surface area contributed by atoms with Crippen LogP contribution >= 0.6 is 22.6 Å². The van der Waals surface area contributed by atoms with Crippen molar-refractivity contribution in [3.05, 3.63) is 37.4 Å². The minimum atomic E-state index is -0.572. The third-order valence-electron chi connectivity index (χ3n) is 2.30. The fourth-order valence-corrected chi connectivity index (χ4v) is 1.79. The molecule has 0 spiro atoms. The number of carbonyl (C=O) groups excluding carboxylic acids is 2. The van der Waals surface area contributed by atoms with Gasteiger partial charge in [-0.1, -0.05) is 0 Å². The zero-order valence-electron chi connectivity index (χ0n) is 10.3. The molecule has 2 amide bonds. The number of halogens is 1. The van der Waals surface area contributed by atoms with E-state index in [1.165, 1.54) is 23.1 Å². The summed E-state index contributed by atoms with van der Waals surface area (Å²) in [5.74, 6) is -0.767. The number of hydrogen-bond donors (Lipinski definition) is 1. The molecule has 0 bridgehead atoms. The van der Waals surface area contributed by atoms with Crippen LogP contribution in [0.4, 0.5) is 5.69 Å². The van der Waals surface area contributed by atoms with Crippen molar-refractivity contribution in [1.29, 1.82) is 0 Å². The zero-order chi connectivity index (χ0) is 14.6. The molecule has 0 fully saturated rings. The first-order chi connectivity index (χ1) is 8.82. The Morgan fingerprint density at radius 3 is 2.58 bits per heavy atom. The number of non-ortho nitro benzene ring substituents is 1. The molecule has 0 aliphatic carbocycles. The molecule has 0 atom stereocenters. The van der Waals surface area contributed by atoms with E-state index in [9.17, 15) is 19.7 Å². The second-order valence-electron chi connectivity index (χ2n) is 3.89. The first-order valence-electron chi connectivity index (χ1n) is 5.25. The lowest BCUT2D eigenvalue weighted by molar-refractivity contribution is -0.384. The van der Waals surface area contributed by atoms with Gasteiger partial charge in [-0.05, 0) is 28.7 Å². The fraction of sp³-hybridized carbons (Fsp3) is 0.273. The van der Waals surface area contributed by atoms with Crippen molar-refractivity contribution in [2.75, 3.05) is 20.6 Å². The van der Waals surface area contributed by atoms with Gasteiger partial charge in [0.2, 0.25) is 5.91 Å². The molecule has 7 nitrogen and oxygen atoms in total. The zero-order valence-corrected chi connectivity index (χ0v) is 12.5. The molecular weight excluding hydrogens is 365 g/mol. The molecule has 0 heterocycles. The van der Waals surface area contributed by atoms with E-state index in [0.29, 0.717) is 3.57 Å². The van der Waals surface area contributed by atoms with Crippen LogP contribution in [-0.2, 0) is 4.79 Å². The largest absolute Gasteiger partial charge is 0.347 e. The number of hydrogen-bond acceptors (Lipinski definition) is 4. The van der Waals surface area contributed by atoms with E-state index in [-0.39, 0.29) is 23.7 Å². The van der Waals surface area contributed by atoms with Gasteiger partial charge >= 0.3 is 0 Å². The SMILES string of the molecule is CN(C)C(=O)CNC(=O)c1cc([N+](=O)[O-])ccc1I. The van der Waals surface area contributed by atoms with Crippen molar-refractivity contribution >= 4 is 40.1 Å². The quantitative estimate of drug-likeness (QED) is 0.482. The molecule has 102 valence electrons. The molecule has 0 unspecified atom stereocenters. The van der Waals surface area contributed by atoms with Crippen LogP contribution in [0.3, 0.4) is 0 Å². The van der Waals surface area contributed by atoms with Gasteiger partial charge in [0.25, 0.3) is 11.6 Å². The van der Waals surface area contributed by atoms with Gasteiger partial charge < -0.3 is 10.2 Å². The minimum absolute atomic E-state index is 0.148. The average molecular weight is 377 g/mol. The maximum absolute atomic E-state index is 11.9. The number of carbonyl (C=O) groups is 2. The van der Waals surface area contributed by atoms with E-state index in [1.807, 2.05) is 22.6 Å². The van der Waals surface area contributed by atoms with Crippen LogP contribution in [0, 0.1) is 13.7 Å². The molecule has 1 aromatic carbocycles. The van der Waals surface area contributed by atoms with Crippen LogP contribution in [0.2, 0.25) is 0 Å². The summed E-state index contributed by atoms with van der Waals surface area (Å²) in [6, 6.07) is 4.00. The molecule has 0 aliphatic heterocycles. The maximum atomic E-state index is 11.9. The monoisotopic (exact) mass is 377 g/mol. The number of rotatable bonds is 4. The van der Waals surface area contributed by atoms with E-state index < -0.39 is 10.8 Å². The van der Waals surface area contributed by atoms with E-state index in [1.54, 1.807) is 14.1 Å². The van der Waals surface area contributed by atoms with Crippen LogP contribution in [0.5, 0.6) is 0 Å². The third-order valence-corrected chi connectivity index (χ3v) is 3.25. The summed E-state index contributed by atoms with van der Waals surface area (Å²) in [6.07, 6.45) is 0. The van der Waals surface area contributed by atoms with Crippen molar-refractivity contribution in [3.8, 4) is 0 Å². The summed E-state index contributed by atoms with van der Waals surface area (Å²) in [7, 11) is 3.15. The van der Waals surface area contributed by atoms with Crippen LogP contribution in [0.25, 0.3) is 0 Å². The number of likely N-dealkylation sites (N-methyl/N-ethyl adjacent to an activating group) is 1. The summed E-state index contributed by atoms with van der Waals surface area (Å²) < 4.78 is 0.581. The molecule has 8 heteroatoms. The second-order valence-corrected chi connectivity index (χ2v) is 5.05. The lowest BCUT2D eigenvalue weighted by Crippen LogP contribution is -2.36.